The summed E-state index contributed by atoms with van der Waals surface area (Å²) in [4.78, 5) is 14.4. The van der Waals surface area contributed by atoms with Crippen molar-refractivity contribution in [2.24, 2.45) is 0 Å². The molecule has 0 aliphatic carbocycles. The fourth-order valence-electron chi connectivity index (χ4n) is 0.890. The van der Waals surface area contributed by atoms with Crippen molar-refractivity contribution in [1.82, 2.24) is 10.3 Å². The average molecular weight is 212 g/mol. The minimum Gasteiger partial charge on any atom is -0.476 e. The van der Waals surface area contributed by atoms with Crippen molar-refractivity contribution in [3.63, 3.8) is 0 Å². The molecule has 1 aromatic rings. The summed E-state index contributed by atoms with van der Waals surface area (Å²) in [6, 6.07) is 0. The molecule has 1 aromatic heterocycles. The summed E-state index contributed by atoms with van der Waals surface area (Å²) in [5, 5.41) is 13.6. The van der Waals surface area contributed by atoms with Gasteiger partial charge in [-0.3, -0.25) is 0 Å². The number of carbonyl (C=O) groups is 1. The minimum atomic E-state index is -0.971. The highest BCUT2D eigenvalue weighted by Crippen LogP contribution is 2.09. The van der Waals surface area contributed by atoms with Crippen LogP contribution in [0.4, 0.5) is 0 Å². The molecule has 76 valence electrons. The number of aromatic carboxylic acids is 1. The Balaban J connectivity index is 2.44. The van der Waals surface area contributed by atoms with E-state index in [1.807, 2.05) is 6.92 Å². The predicted octanol–water partition coefficient (Wildman–Crippen LogP) is 1.51. The molecule has 0 fully saturated rings. The Morgan fingerprint density at radius 3 is 3.00 bits per heavy atom. The van der Waals surface area contributed by atoms with E-state index in [9.17, 15) is 4.79 Å². The molecular formula is C9H12N2O2S. The van der Waals surface area contributed by atoms with Crippen LogP contribution in [0.15, 0.2) is 17.5 Å². The summed E-state index contributed by atoms with van der Waals surface area (Å²) in [7, 11) is 0. The molecule has 14 heavy (non-hydrogen) atoms. The third-order valence-electron chi connectivity index (χ3n) is 1.47. The standard InChI is InChI=1S/C9H12N2O2S/c1-6(2)3-10-4-7-5-14-8(11-7)9(12)13/h5,10H,1,3-4H2,2H3,(H,12,13). The largest absolute Gasteiger partial charge is 0.476 e. The maximum absolute atomic E-state index is 10.5. The van der Waals surface area contributed by atoms with Gasteiger partial charge in [-0.1, -0.05) is 12.2 Å². The van der Waals surface area contributed by atoms with Crippen LogP contribution < -0.4 is 5.32 Å². The molecule has 0 radical (unpaired) electrons. The molecule has 0 unspecified atom stereocenters. The molecule has 0 amide bonds. The van der Waals surface area contributed by atoms with Crippen LogP contribution in [0.3, 0.4) is 0 Å². The molecule has 2 N–H and O–H groups in total. The Bertz CT molecular complexity index is 346. The number of rotatable bonds is 5. The Hall–Kier alpha value is -1.20. The topological polar surface area (TPSA) is 62.2 Å². The summed E-state index contributed by atoms with van der Waals surface area (Å²) in [6.45, 7) is 6.97. The van der Waals surface area contributed by atoms with Crippen LogP contribution >= 0.6 is 11.3 Å². The second-order valence-corrected chi connectivity index (χ2v) is 3.87. The number of hydrogen-bond donors (Lipinski definition) is 2. The zero-order valence-electron chi connectivity index (χ0n) is 7.91. The van der Waals surface area contributed by atoms with Gasteiger partial charge in [0, 0.05) is 18.5 Å². The van der Waals surface area contributed by atoms with Crippen molar-refractivity contribution in [2.45, 2.75) is 13.5 Å². The number of carboxylic acid groups (broad SMARTS) is 1. The first kappa shape index (κ1) is 10.9. The first-order valence-corrected chi connectivity index (χ1v) is 5.00. The van der Waals surface area contributed by atoms with E-state index in [0.717, 1.165) is 29.1 Å². The first-order chi connectivity index (χ1) is 6.59. The van der Waals surface area contributed by atoms with E-state index in [4.69, 9.17) is 5.11 Å². The van der Waals surface area contributed by atoms with Crippen LogP contribution in [0.5, 0.6) is 0 Å². The lowest BCUT2D eigenvalue weighted by molar-refractivity contribution is 0.0696. The zero-order valence-corrected chi connectivity index (χ0v) is 8.73. The summed E-state index contributed by atoms with van der Waals surface area (Å²) in [5.41, 5.74) is 1.80. The highest BCUT2D eigenvalue weighted by molar-refractivity contribution is 7.11. The Morgan fingerprint density at radius 1 is 1.79 bits per heavy atom. The van der Waals surface area contributed by atoms with Gasteiger partial charge in [0.1, 0.15) is 0 Å². The van der Waals surface area contributed by atoms with Crippen molar-refractivity contribution in [3.05, 3.63) is 28.2 Å². The van der Waals surface area contributed by atoms with Crippen molar-refractivity contribution in [1.29, 1.82) is 0 Å². The molecule has 1 rings (SSSR count). The van der Waals surface area contributed by atoms with Gasteiger partial charge in [0.15, 0.2) is 0 Å². The highest BCUT2D eigenvalue weighted by Gasteiger charge is 2.07. The van der Waals surface area contributed by atoms with Gasteiger partial charge < -0.3 is 10.4 Å². The smallest absolute Gasteiger partial charge is 0.365 e. The number of aromatic nitrogens is 1. The van der Waals surface area contributed by atoms with E-state index in [1.165, 1.54) is 0 Å². The molecule has 1 heterocycles. The summed E-state index contributed by atoms with van der Waals surface area (Å²) < 4.78 is 0. The van der Waals surface area contributed by atoms with Gasteiger partial charge >= 0.3 is 5.97 Å². The lowest BCUT2D eigenvalue weighted by atomic mass is 10.3. The lowest BCUT2D eigenvalue weighted by Crippen LogP contribution is -2.15. The van der Waals surface area contributed by atoms with Crippen molar-refractivity contribution in [2.75, 3.05) is 6.54 Å². The number of nitrogens with one attached hydrogen (secondary N) is 1. The second-order valence-electron chi connectivity index (χ2n) is 3.01. The maximum atomic E-state index is 10.5. The second kappa shape index (κ2) is 4.88. The van der Waals surface area contributed by atoms with E-state index in [-0.39, 0.29) is 5.01 Å². The maximum Gasteiger partial charge on any atom is 0.365 e. The zero-order chi connectivity index (χ0) is 10.6. The van der Waals surface area contributed by atoms with Crippen LogP contribution in [-0.4, -0.2) is 22.6 Å². The summed E-state index contributed by atoms with van der Waals surface area (Å²) >= 11 is 1.14. The van der Waals surface area contributed by atoms with E-state index < -0.39 is 5.97 Å². The van der Waals surface area contributed by atoms with Crippen molar-refractivity contribution >= 4 is 17.3 Å². The molecule has 0 aliphatic heterocycles. The molecule has 0 atom stereocenters. The lowest BCUT2D eigenvalue weighted by Gasteiger charge is -2.00. The van der Waals surface area contributed by atoms with Gasteiger partial charge in [-0.15, -0.1) is 11.3 Å². The SMILES string of the molecule is C=C(C)CNCc1csc(C(=O)O)n1. The van der Waals surface area contributed by atoms with Gasteiger partial charge in [0.25, 0.3) is 0 Å². The molecule has 0 saturated carbocycles. The average Bonchev–Trinajstić information content (AvgIpc) is 2.52. The van der Waals surface area contributed by atoms with Gasteiger partial charge in [0.05, 0.1) is 5.69 Å². The quantitative estimate of drug-likeness (QED) is 0.726. The third-order valence-corrected chi connectivity index (χ3v) is 2.35. The molecule has 4 nitrogen and oxygen atoms in total. The summed E-state index contributed by atoms with van der Waals surface area (Å²) in [6.07, 6.45) is 0. The molecule has 0 spiro atoms. The van der Waals surface area contributed by atoms with E-state index in [1.54, 1.807) is 5.38 Å². The van der Waals surface area contributed by atoms with Gasteiger partial charge in [-0.2, -0.15) is 0 Å². The molecular weight excluding hydrogens is 200 g/mol. The van der Waals surface area contributed by atoms with Crippen LogP contribution in [0.1, 0.15) is 22.4 Å². The normalized spacial score (nSPS) is 10.1. The first-order valence-electron chi connectivity index (χ1n) is 4.12. The number of nitrogens with zero attached hydrogens (tertiary/aromatic N) is 1. The van der Waals surface area contributed by atoms with Crippen LogP contribution in [0, 0.1) is 0 Å². The Kier molecular flexibility index (Phi) is 3.79. The Labute approximate surface area is 86.3 Å². The minimum absolute atomic E-state index is 0.136. The van der Waals surface area contributed by atoms with E-state index >= 15 is 0 Å². The van der Waals surface area contributed by atoms with Gasteiger partial charge in [-0.25, -0.2) is 9.78 Å². The van der Waals surface area contributed by atoms with Crippen molar-refractivity contribution < 1.29 is 9.90 Å². The van der Waals surface area contributed by atoms with E-state index in [0.29, 0.717) is 6.54 Å². The number of hydrogen-bond acceptors (Lipinski definition) is 4. The number of thiazole rings is 1. The number of carboxylic acids is 1. The predicted molar refractivity (Wildman–Crippen MR) is 55.6 cm³/mol. The molecule has 0 aliphatic rings. The monoisotopic (exact) mass is 212 g/mol. The molecule has 0 aromatic carbocycles. The van der Waals surface area contributed by atoms with Gasteiger partial charge in [0.2, 0.25) is 5.01 Å². The fourth-order valence-corrected chi connectivity index (χ4v) is 1.54. The third kappa shape index (κ3) is 3.27. The Morgan fingerprint density at radius 2 is 2.50 bits per heavy atom. The summed E-state index contributed by atoms with van der Waals surface area (Å²) in [5.74, 6) is -0.971. The fraction of sp³-hybridized carbons (Fsp3) is 0.333. The van der Waals surface area contributed by atoms with Crippen LogP contribution in [-0.2, 0) is 6.54 Å². The van der Waals surface area contributed by atoms with E-state index in [2.05, 4.69) is 16.9 Å². The van der Waals surface area contributed by atoms with Crippen LogP contribution in [0.25, 0.3) is 0 Å². The van der Waals surface area contributed by atoms with Crippen molar-refractivity contribution in [3.8, 4) is 0 Å². The molecule has 5 heteroatoms. The molecule has 0 saturated heterocycles. The highest BCUT2D eigenvalue weighted by atomic mass is 32.1. The van der Waals surface area contributed by atoms with Gasteiger partial charge in [-0.05, 0) is 6.92 Å². The molecule has 0 bridgehead atoms. The van der Waals surface area contributed by atoms with Crippen LogP contribution in [0.2, 0.25) is 0 Å².